The van der Waals surface area contributed by atoms with E-state index in [1.807, 2.05) is 7.05 Å². The maximum atomic E-state index is 4.05. The van der Waals surface area contributed by atoms with Crippen molar-refractivity contribution in [3.05, 3.63) is 12.3 Å². The summed E-state index contributed by atoms with van der Waals surface area (Å²) in [6.07, 6.45) is 8.18. The summed E-state index contributed by atoms with van der Waals surface area (Å²) in [5.74, 6) is 1.31. The van der Waals surface area contributed by atoms with Crippen molar-refractivity contribution in [2.45, 2.75) is 59.3 Å². The van der Waals surface area contributed by atoms with E-state index >= 15 is 0 Å². The Morgan fingerprint density at radius 1 is 1.00 bits per heavy atom. The van der Waals surface area contributed by atoms with E-state index in [2.05, 4.69) is 38.0 Å². The number of hydrogen-bond donors (Lipinski definition) is 2. The number of unbranched alkanes of at least 4 members (excludes halogenated alkanes) is 4. The van der Waals surface area contributed by atoms with Gasteiger partial charge in [-0.3, -0.25) is 0 Å². The van der Waals surface area contributed by atoms with Gasteiger partial charge >= 0.3 is 0 Å². The van der Waals surface area contributed by atoms with Gasteiger partial charge in [0.1, 0.15) is 0 Å². The molecule has 0 radical (unpaired) electrons. The monoisotopic (exact) mass is 254 g/mol. The zero-order valence-electron chi connectivity index (χ0n) is 13.0. The molecule has 18 heavy (non-hydrogen) atoms. The van der Waals surface area contributed by atoms with Gasteiger partial charge in [-0.2, -0.15) is 0 Å². The van der Waals surface area contributed by atoms with Crippen molar-refractivity contribution in [1.29, 1.82) is 0 Å². The van der Waals surface area contributed by atoms with Crippen molar-refractivity contribution in [3.63, 3.8) is 0 Å². The highest BCUT2D eigenvalue weighted by atomic mass is 14.9. The van der Waals surface area contributed by atoms with E-state index in [9.17, 15) is 0 Å². The minimum Gasteiger partial charge on any atom is -0.388 e. The lowest BCUT2D eigenvalue weighted by Crippen LogP contribution is -2.22. The predicted molar refractivity (Wildman–Crippen MR) is 82.8 cm³/mol. The standard InChI is InChI=1S/C16H34N2/c1-14(2)16(4)18-13-15(3)11-9-7-6-8-10-12-17-5/h14-15,17-18H,4,6-13H2,1-3,5H3. The molecule has 0 aromatic heterocycles. The van der Waals surface area contributed by atoms with Crippen LogP contribution < -0.4 is 10.6 Å². The van der Waals surface area contributed by atoms with Crippen LogP contribution in [-0.2, 0) is 0 Å². The second kappa shape index (κ2) is 11.6. The SMILES string of the molecule is C=C(NCC(C)CCCCCCCNC)C(C)C. The third kappa shape index (κ3) is 10.6. The third-order valence-corrected chi connectivity index (χ3v) is 3.50. The van der Waals surface area contributed by atoms with Crippen molar-refractivity contribution in [1.82, 2.24) is 10.6 Å². The first-order valence-electron chi connectivity index (χ1n) is 7.65. The minimum atomic E-state index is 0.546. The van der Waals surface area contributed by atoms with Crippen LogP contribution in [0.5, 0.6) is 0 Å². The molecular formula is C16H34N2. The summed E-state index contributed by atoms with van der Waals surface area (Å²) in [5.41, 5.74) is 1.17. The van der Waals surface area contributed by atoms with E-state index in [1.54, 1.807) is 0 Å². The number of nitrogens with one attached hydrogen (secondary N) is 2. The highest BCUT2D eigenvalue weighted by molar-refractivity contribution is 4.94. The molecule has 0 aromatic carbocycles. The molecule has 0 aromatic rings. The molecule has 1 atom stereocenters. The lowest BCUT2D eigenvalue weighted by atomic mass is 10.0. The highest BCUT2D eigenvalue weighted by Gasteiger charge is 2.04. The smallest absolute Gasteiger partial charge is 0.0169 e. The van der Waals surface area contributed by atoms with Crippen LogP contribution in [0.1, 0.15) is 59.3 Å². The number of allylic oxidation sites excluding steroid dienone is 1. The lowest BCUT2D eigenvalue weighted by molar-refractivity contribution is 0.458. The van der Waals surface area contributed by atoms with Crippen molar-refractivity contribution in [3.8, 4) is 0 Å². The molecule has 0 aliphatic carbocycles. The van der Waals surface area contributed by atoms with Gasteiger partial charge in [-0.1, -0.05) is 53.0 Å². The quantitative estimate of drug-likeness (QED) is 0.515. The predicted octanol–water partition coefficient (Wildman–Crippen LogP) is 3.94. The molecule has 0 aliphatic heterocycles. The maximum absolute atomic E-state index is 4.05. The van der Waals surface area contributed by atoms with Gasteiger partial charge in [0.25, 0.3) is 0 Å². The maximum Gasteiger partial charge on any atom is 0.0169 e. The molecule has 0 aliphatic rings. The Morgan fingerprint density at radius 2 is 1.61 bits per heavy atom. The van der Waals surface area contributed by atoms with E-state index in [1.165, 1.54) is 44.2 Å². The molecule has 0 bridgehead atoms. The molecule has 0 rings (SSSR count). The van der Waals surface area contributed by atoms with Crippen LogP contribution in [0, 0.1) is 11.8 Å². The Hall–Kier alpha value is -0.500. The topological polar surface area (TPSA) is 24.1 Å². The van der Waals surface area contributed by atoms with Crippen molar-refractivity contribution >= 4 is 0 Å². The second-order valence-electron chi connectivity index (χ2n) is 5.83. The van der Waals surface area contributed by atoms with Gasteiger partial charge in [0.05, 0.1) is 0 Å². The first-order valence-corrected chi connectivity index (χ1v) is 7.65. The van der Waals surface area contributed by atoms with Gasteiger partial charge in [0.2, 0.25) is 0 Å². The molecule has 1 unspecified atom stereocenters. The third-order valence-electron chi connectivity index (χ3n) is 3.50. The van der Waals surface area contributed by atoms with Crippen LogP contribution in [0.3, 0.4) is 0 Å². The fourth-order valence-corrected chi connectivity index (χ4v) is 1.94. The van der Waals surface area contributed by atoms with E-state index in [-0.39, 0.29) is 0 Å². The van der Waals surface area contributed by atoms with Crippen LogP contribution in [0.25, 0.3) is 0 Å². The summed E-state index contributed by atoms with van der Waals surface area (Å²) in [7, 11) is 2.03. The van der Waals surface area contributed by atoms with E-state index in [0.29, 0.717) is 5.92 Å². The van der Waals surface area contributed by atoms with Gasteiger partial charge in [-0.15, -0.1) is 0 Å². The van der Waals surface area contributed by atoms with Gasteiger partial charge in [0, 0.05) is 12.2 Å². The van der Waals surface area contributed by atoms with Crippen LogP contribution in [0.15, 0.2) is 12.3 Å². The molecular weight excluding hydrogens is 220 g/mol. The molecule has 2 N–H and O–H groups in total. The fraction of sp³-hybridized carbons (Fsp3) is 0.875. The summed E-state index contributed by atoms with van der Waals surface area (Å²) >= 11 is 0. The minimum absolute atomic E-state index is 0.546. The second-order valence-corrected chi connectivity index (χ2v) is 5.83. The highest BCUT2D eigenvalue weighted by Crippen LogP contribution is 2.11. The first kappa shape index (κ1) is 17.5. The Kier molecular flexibility index (Phi) is 11.3. The zero-order chi connectivity index (χ0) is 13.8. The van der Waals surface area contributed by atoms with Crippen LogP contribution in [-0.4, -0.2) is 20.1 Å². The van der Waals surface area contributed by atoms with E-state index in [0.717, 1.165) is 19.0 Å². The van der Waals surface area contributed by atoms with E-state index in [4.69, 9.17) is 0 Å². The average Bonchev–Trinajstić information content (AvgIpc) is 2.34. The summed E-state index contributed by atoms with van der Waals surface area (Å²) in [6.45, 7) is 13.0. The van der Waals surface area contributed by atoms with Crippen molar-refractivity contribution in [2.24, 2.45) is 11.8 Å². The Bertz CT molecular complexity index is 199. The number of rotatable bonds is 12. The van der Waals surface area contributed by atoms with Gasteiger partial charge in [-0.05, 0) is 38.3 Å². The molecule has 0 fully saturated rings. The van der Waals surface area contributed by atoms with Crippen molar-refractivity contribution in [2.75, 3.05) is 20.1 Å². The molecule has 0 heterocycles. The molecule has 0 spiro atoms. The summed E-state index contributed by atoms with van der Waals surface area (Å²) in [6, 6.07) is 0. The summed E-state index contributed by atoms with van der Waals surface area (Å²) in [5, 5.41) is 6.64. The summed E-state index contributed by atoms with van der Waals surface area (Å²) in [4.78, 5) is 0. The van der Waals surface area contributed by atoms with Gasteiger partial charge in [-0.25, -0.2) is 0 Å². The van der Waals surface area contributed by atoms with Crippen LogP contribution in [0.4, 0.5) is 0 Å². The average molecular weight is 254 g/mol. The molecule has 2 heteroatoms. The fourth-order valence-electron chi connectivity index (χ4n) is 1.94. The van der Waals surface area contributed by atoms with Crippen LogP contribution >= 0.6 is 0 Å². The number of hydrogen-bond acceptors (Lipinski definition) is 2. The lowest BCUT2D eigenvalue weighted by Gasteiger charge is -2.17. The largest absolute Gasteiger partial charge is 0.388 e. The normalized spacial score (nSPS) is 12.7. The Balaban J connectivity index is 3.32. The molecule has 0 saturated heterocycles. The van der Waals surface area contributed by atoms with Gasteiger partial charge < -0.3 is 10.6 Å². The van der Waals surface area contributed by atoms with Gasteiger partial charge in [0.15, 0.2) is 0 Å². The van der Waals surface area contributed by atoms with Crippen molar-refractivity contribution < 1.29 is 0 Å². The Labute approximate surface area is 115 Å². The molecule has 0 saturated carbocycles. The molecule has 108 valence electrons. The summed E-state index contributed by atoms with van der Waals surface area (Å²) < 4.78 is 0. The first-order chi connectivity index (χ1) is 8.57. The van der Waals surface area contributed by atoms with Crippen LogP contribution in [0.2, 0.25) is 0 Å². The molecule has 2 nitrogen and oxygen atoms in total. The Morgan fingerprint density at radius 3 is 2.22 bits per heavy atom. The molecule has 0 amide bonds. The zero-order valence-corrected chi connectivity index (χ0v) is 13.0. The van der Waals surface area contributed by atoms with E-state index < -0.39 is 0 Å².